The van der Waals surface area contributed by atoms with Crippen LogP contribution in [0, 0.1) is 0 Å². The van der Waals surface area contributed by atoms with Crippen molar-refractivity contribution in [2.45, 2.75) is 50.5 Å². The van der Waals surface area contributed by atoms with Gasteiger partial charge in [-0.1, -0.05) is 37.3 Å². The molecule has 1 aliphatic rings. The summed E-state index contributed by atoms with van der Waals surface area (Å²) >= 11 is 6.00. The smallest absolute Gasteiger partial charge is 0.406 e. The number of nitrogens with two attached hydrogens (primary N) is 1. The summed E-state index contributed by atoms with van der Waals surface area (Å²) in [6, 6.07) is 4.23. The molecule has 1 amide bonds. The Morgan fingerprint density at radius 1 is 1.36 bits per heavy atom. The van der Waals surface area contributed by atoms with Crippen molar-refractivity contribution in [3.05, 3.63) is 64.4 Å². The van der Waals surface area contributed by atoms with Crippen molar-refractivity contribution in [3.8, 4) is 0 Å². The topological polar surface area (TPSA) is 102 Å². The van der Waals surface area contributed by atoms with E-state index in [0.29, 0.717) is 23.7 Å². The van der Waals surface area contributed by atoms with Crippen molar-refractivity contribution in [1.82, 2.24) is 10.2 Å². The number of benzene rings is 1. The Balaban J connectivity index is 2.20. The van der Waals surface area contributed by atoms with Crippen LogP contribution in [0.5, 0.6) is 0 Å². The highest BCUT2D eigenvalue weighted by Crippen LogP contribution is 2.25. The van der Waals surface area contributed by atoms with E-state index in [1.54, 1.807) is 0 Å². The molecule has 1 atom stereocenters. The van der Waals surface area contributed by atoms with Crippen molar-refractivity contribution < 1.29 is 31.1 Å². The molecule has 3 N–H and O–H groups in total. The standard InChI is InChI=1S/C24H31ClF3N3O4S/c1-4-36(33,34)22-10-9-20(25)12-19(22)13-30-23(32)16(2)7-8-18(17(3)35-24(26,27)28)14-31-11-5-6-21(29)15-31/h7-10,12,21H,3-6,11,13-15,29H2,1-2H3,(H,30,32)/b16-7+,18-8-/t21-/m0/s1. The first-order valence-electron chi connectivity index (χ1n) is 11.3. The number of carbonyl (C=O) groups excluding carboxylic acids is 1. The zero-order valence-corrected chi connectivity index (χ0v) is 21.8. The maximum Gasteiger partial charge on any atom is 0.573 e. The molecule has 1 aliphatic heterocycles. The number of rotatable bonds is 10. The zero-order chi connectivity index (χ0) is 27.1. The van der Waals surface area contributed by atoms with Gasteiger partial charge >= 0.3 is 6.36 Å². The second-order valence-electron chi connectivity index (χ2n) is 8.49. The molecule has 0 radical (unpaired) electrons. The van der Waals surface area contributed by atoms with Crippen LogP contribution in [-0.2, 0) is 25.9 Å². The second-order valence-corrected chi connectivity index (χ2v) is 11.2. The third kappa shape index (κ3) is 9.27. The Morgan fingerprint density at radius 2 is 2.06 bits per heavy atom. The summed E-state index contributed by atoms with van der Waals surface area (Å²) in [4.78, 5) is 14.6. The van der Waals surface area contributed by atoms with Gasteiger partial charge in [0.1, 0.15) is 5.76 Å². The van der Waals surface area contributed by atoms with E-state index in [4.69, 9.17) is 17.3 Å². The van der Waals surface area contributed by atoms with Crippen LogP contribution in [-0.4, -0.2) is 57.0 Å². The third-order valence-corrected chi connectivity index (χ3v) is 7.67. The van der Waals surface area contributed by atoms with E-state index < -0.39 is 27.9 Å². The lowest BCUT2D eigenvalue weighted by atomic mass is 10.0. The highest BCUT2D eigenvalue weighted by atomic mass is 35.5. The predicted molar refractivity (Wildman–Crippen MR) is 133 cm³/mol. The van der Waals surface area contributed by atoms with E-state index in [0.717, 1.165) is 12.8 Å². The van der Waals surface area contributed by atoms with E-state index in [1.165, 1.54) is 44.2 Å². The van der Waals surface area contributed by atoms with Gasteiger partial charge in [0.25, 0.3) is 0 Å². The quantitative estimate of drug-likeness (QED) is 0.259. The molecule has 0 spiro atoms. The molecular formula is C24H31ClF3N3O4S. The summed E-state index contributed by atoms with van der Waals surface area (Å²) in [6.07, 6.45) is -0.533. The Hall–Kier alpha value is -2.34. The largest absolute Gasteiger partial charge is 0.573 e. The average molecular weight is 550 g/mol. The van der Waals surface area contributed by atoms with Crippen molar-refractivity contribution in [2.75, 3.05) is 25.4 Å². The molecule has 0 aromatic heterocycles. The number of hydrogen-bond acceptors (Lipinski definition) is 6. The van der Waals surface area contributed by atoms with Crippen molar-refractivity contribution in [3.63, 3.8) is 0 Å². The lowest BCUT2D eigenvalue weighted by molar-refractivity contribution is -0.303. The molecular weight excluding hydrogens is 519 g/mol. The summed E-state index contributed by atoms with van der Waals surface area (Å²) in [6.45, 7) is 7.59. The van der Waals surface area contributed by atoms with Crippen LogP contribution in [0.3, 0.4) is 0 Å². The van der Waals surface area contributed by atoms with Crippen LogP contribution in [0.15, 0.2) is 58.7 Å². The molecule has 12 heteroatoms. The molecule has 36 heavy (non-hydrogen) atoms. The molecule has 200 valence electrons. The molecule has 0 aliphatic carbocycles. The first-order chi connectivity index (χ1) is 16.7. The number of allylic oxidation sites excluding steroid dienone is 2. The van der Waals surface area contributed by atoms with Gasteiger partial charge in [0.2, 0.25) is 5.91 Å². The lowest BCUT2D eigenvalue weighted by Crippen LogP contribution is -2.43. The number of alkyl halides is 3. The third-order valence-electron chi connectivity index (χ3n) is 5.60. The summed E-state index contributed by atoms with van der Waals surface area (Å²) in [5.74, 6) is -1.22. The average Bonchev–Trinajstić information content (AvgIpc) is 2.78. The first-order valence-corrected chi connectivity index (χ1v) is 13.3. The number of halogens is 4. The monoisotopic (exact) mass is 549 g/mol. The summed E-state index contributed by atoms with van der Waals surface area (Å²) in [5, 5.41) is 2.94. The maximum atomic E-state index is 12.8. The normalized spacial score (nSPS) is 18.1. The predicted octanol–water partition coefficient (Wildman–Crippen LogP) is 4.10. The molecule has 1 saturated heterocycles. The molecule has 1 fully saturated rings. The molecule has 7 nitrogen and oxygen atoms in total. The lowest BCUT2D eigenvalue weighted by Gasteiger charge is -2.31. The Morgan fingerprint density at radius 3 is 2.67 bits per heavy atom. The molecule has 1 aromatic carbocycles. The Kier molecular flexibility index (Phi) is 10.6. The van der Waals surface area contributed by atoms with E-state index in [-0.39, 0.29) is 40.9 Å². The van der Waals surface area contributed by atoms with Gasteiger partial charge in [-0.15, -0.1) is 13.2 Å². The van der Waals surface area contributed by atoms with Crippen LogP contribution >= 0.6 is 11.6 Å². The molecule has 0 saturated carbocycles. The highest BCUT2D eigenvalue weighted by Gasteiger charge is 2.33. The Bertz CT molecular complexity index is 1130. The van der Waals surface area contributed by atoms with Crippen LogP contribution < -0.4 is 11.1 Å². The zero-order valence-electron chi connectivity index (χ0n) is 20.2. The summed E-state index contributed by atoms with van der Waals surface area (Å²) in [5.41, 5.74) is 6.64. The molecule has 1 aromatic rings. The number of likely N-dealkylation sites (tertiary alicyclic amines) is 1. The van der Waals surface area contributed by atoms with Gasteiger partial charge in [0, 0.05) is 41.8 Å². The Labute approximate surface area is 214 Å². The maximum absolute atomic E-state index is 12.8. The first kappa shape index (κ1) is 29.9. The minimum absolute atomic E-state index is 0.0684. The van der Waals surface area contributed by atoms with Gasteiger partial charge in [-0.25, -0.2) is 8.42 Å². The summed E-state index contributed by atoms with van der Waals surface area (Å²) in [7, 11) is -3.54. The van der Waals surface area contributed by atoms with Gasteiger partial charge in [-0.3, -0.25) is 9.69 Å². The minimum Gasteiger partial charge on any atom is -0.406 e. The van der Waals surface area contributed by atoms with E-state index >= 15 is 0 Å². The van der Waals surface area contributed by atoms with Crippen molar-refractivity contribution in [1.29, 1.82) is 0 Å². The van der Waals surface area contributed by atoms with Crippen molar-refractivity contribution in [2.24, 2.45) is 5.73 Å². The van der Waals surface area contributed by atoms with Crippen LogP contribution in [0.25, 0.3) is 0 Å². The van der Waals surface area contributed by atoms with Gasteiger partial charge in [0.15, 0.2) is 9.84 Å². The van der Waals surface area contributed by atoms with Gasteiger partial charge in [0.05, 0.1) is 10.6 Å². The number of sulfone groups is 1. The van der Waals surface area contributed by atoms with Gasteiger partial charge in [-0.05, 0) is 50.1 Å². The van der Waals surface area contributed by atoms with E-state index in [2.05, 4.69) is 16.6 Å². The fraction of sp³-hybridized carbons (Fsp3) is 0.458. The molecule has 2 rings (SSSR count). The number of nitrogens with zero attached hydrogens (tertiary/aromatic N) is 1. The fourth-order valence-electron chi connectivity index (χ4n) is 3.68. The van der Waals surface area contributed by atoms with Crippen LogP contribution in [0.4, 0.5) is 13.2 Å². The summed E-state index contributed by atoms with van der Waals surface area (Å²) < 4.78 is 67.1. The van der Waals surface area contributed by atoms with Gasteiger partial charge < -0.3 is 15.8 Å². The number of nitrogens with one attached hydrogen (secondary N) is 1. The van der Waals surface area contributed by atoms with E-state index in [1.807, 2.05) is 4.90 Å². The number of ether oxygens (including phenoxy) is 1. The van der Waals surface area contributed by atoms with Gasteiger partial charge in [-0.2, -0.15) is 0 Å². The highest BCUT2D eigenvalue weighted by molar-refractivity contribution is 7.91. The van der Waals surface area contributed by atoms with Crippen LogP contribution in [0.1, 0.15) is 32.3 Å². The molecule has 1 heterocycles. The number of piperidine rings is 1. The molecule has 0 bridgehead atoms. The fourth-order valence-corrected chi connectivity index (χ4v) is 4.99. The van der Waals surface area contributed by atoms with Crippen molar-refractivity contribution >= 4 is 27.3 Å². The number of carbonyl (C=O) groups is 1. The van der Waals surface area contributed by atoms with Crippen LogP contribution in [0.2, 0.25) is 5.02 Å². The minimum atomic E-state index is -4.90. The SMILES string of the molecule is C=C(OC(F)(F)F)/C(=C\C=C(/C)C(=O)NCc1cc(Cl)ccc1S(=O)(=O)CC)CN1CCC[C@H](N)C1. The molecule has 0 unspecified atom stereocenters. The number of hydrogen-bond donors (Lipinski definition) is 2. The van der Waals surface area contributed by atoms with E-state index in [9.17, 15) is 26.4 Å². The number of amides is 1. The second kappa shape index (κ2) is 12.8.